The third kappa shape index (κ3) is 4.05. The number of carbonyl (C=O) groups excluding carboxylic acids is 2. The molecule has 2 heterocycles. The number of likely N-dealkylation sites (tertiary alicyclic amines) is 1. The summed E-state index contributed by atoms with van der Waals surface area (Å²) in [4.78, 5) is 31.4. The monoisotopic (exact) mass is 399 g/mol. The number of ether oxygens (including phenoxy) is 1. The van der Waals surface area contributed by atoms with Gasteiger partial charge in [0.1, 0.15) is 6.61 Å². The van der Waals surface area contributed by atoms with Gasteiger partial charge in [0, 0.05) is 52.8 Å². The molecule has 6 nitrogen and oxygen atoms in total. The van der Waals surface area contributed by atoms with Crippen molar-refractivity contribution in [2.24, 2.45) is 0 Å². The number of hydrogen-bond acceptors (Lipinski definition) is 4. The van der Waals surface area contributed by atoms with Crippen molar-refractivity contribution < 1.29 is 14.3 Å². The predicted molar refractivity (Wildman–Crippen MR) is 112 cm³/mol. The highest BCUT2D eigenvalue weighted by Crippen LogP contribution is 2.52. The van der Waals surface area contributed by atoms with E-state index in [4.69, 9.17) is 4.74 Å². The maximum atomic E-state index is 13.0. The summed E-state index contributed by atoms with van der Waals surface area (Å²) in [6.07, 6.45) is 3.57. The van der Waals surface area contributed by atoms with E-state index in [1.165, 1.54) is 11.1 Å². The molecule has 0 saturated carbocycles. The van der Waals surface area contributed by atoms with E-state index in [1.807, 2.05) is 9.80 Å². The van der Waals surface area contributed by atoms with Crippen molar-refractivity contribution in [3.8, 4) is 0 Å². The number of piperazine rings is 1. The van der Waals surface area contributed by atoms with E-state index < -0.39 is 0 Å². The van der Waals surface area contributed by atoms with Gasteiger partial charge in [-0.2, -0.15) is 0 Å². The average molecular weight is 400 g/mol. The SMILES string of the molecule is COCC(=O)N1CCC2(CC1)CC(CC(=O)N1CCN(C)CC1)c1ccccc12. The fourth-order valence-electron chi connectivity index (χ4n) is 5.48. The Hall–Kier alpha value is -1.92. The lowest BCUT2D eigenvalue weighted by molar-refractivity contribution is -0.136. The van der Waals surface area contributed by atoms with Gasteiger partial charge in [-0.25, -0.2) is 0 Å². The quantitative estimate of drug-likeness (QED) is 0.775. The summed E-state index contributed by atoms with van der Waals surface area (Å²) in [6, 6.07) is 8.69. The molecular formula is C23H33N3O3. The van der Waals surface area contributed by atoms with Crippen LogP contribution in [0.1, 0.15) is 42.7 Å². The third-order valence-electron chi connectivity index (χ3n) is 7.23. The minimum absolute atomic E-state index is 0.0791. The second kappa shape index (κ2) is 8.44. The maximum Gasteiger partial charge on any atom is 0.248 e. The first-order valence-electron chi connectivity index (χ1n) is 10.8. The Balaban J connectivity index is 1.45. The molecule has 2 aliphatic heterocycles. The molecule has 4 rings (SSSR count). The Bertz CT molecular complexity index is 749. The van der Waals surface area contributed by atoms with Gasteiger partial charge in [-0.1, -0.05) is 24.3 Å². The summed E-state index contributed by atoms with van der Waals surface area (Å²) < 4.78 is 5.02. The lowest BCUT2D eigenvalue weighted by Gasteiger charge is -2.40. The summed E-state index contributed by atoms with van der Waals surface area (Å²) in [5, 5.41) is 0. The molecule has 1 spiro atoms. The van der Waals surface area contributed by atoms with Crippen LogP contribution in [0.5, 0.6) is 0 Å². The summed E-state index contributed by atoms with van der Waals surface area (Å²) >= 11 is 0. The van der Waals surface area contributed by atoms with Crippen LogP contribution in [-0.4, -0.2) is 86.5 Å². The van der Waals surface area contributed by atoms with E-state index in [0.29, 0.717) is 18.2 Å². The van der Waals surface area contributed by atoms with Gasteiger partial charge in [-0.15, -0.1) is 0 Å². The highest BCUT2D eigenvalue weighted by Gasteiger charge is 2.46. The molecular weight excluding hydrogens is 366 g/mol. The zero-order valence-corrected chi connectivity index (χ0v) is 17.7. The van der Waals surface area contributed by atoms with Gasteiger partial charge >= 0.3 is 0 Å². The molecule has 158 valence electrons. The van der Waals surface area contributed by atoms with Gasteiger partial charge in [-0.3, -0.25) is 9.59 Å². The summed E-state index contributed by atoms with van der Waals surface area (Å²) in [6.45, 7) is 5.30. The van der Waals surface area contributed by atoms with Gasteiger partial charge < -0.3 is 19.4 Å². The van der Waals surface area contributed by atoms with Gasteiger partial charge in [0.15, 0.2) is 0 Å². The standard InChI is InChI=1S/C23H33N3O3/c1-24-11-13-26(14-12-24)21(27)15-18-16-23(20-6-4-3-5-19(18)20)7-9-25(10-8-23)22(28)17-29-2/h3-6,18H,7-17H2,1-2H3. The van der Waals surface area contributed by atoms with Gasteiger partial charge in [-0.05, 0) is 48.8 Å². The van der Waals surface area contributed by atoms with Crippen LogP contribution in [0.4, 0.5) is 0 Å². The first kappa shape index (κ1) is 20.4. The van der Waals surface area contributed by atoms with Crippen molar-refractivity contribution in [3.63, 3.8) is 0 Å². The van der Waals surface area contributed by atoms with Crippen molar-refractivity contribution in [1.82, 2.24) is 14.7 Å². The van der Waals surface area contributed by atoms with Crippen LogP contribution in [-0.2, 0) is 19.7 Å². The van der Waals surface area contributed by atoms with E-state index in [1.54, 1.807) is 7.11 Å². The van der Waals surface area contributed by atoms with Gasteiger partial charge in [0.05, 0.1) is 0 Å². The van der Waals surface area contributed by atoms with Crippen molar-refractivity contribution in [2.45, 2.75) is 37.0 Å². The molecule has 1 aromatic rings. The molecule has 0 radical (unpaired) electrons. The molecule has 0 aromatic heterocycles. The number of amides is 2. The molecule has 0 N–H and O–H groups in total. The Morgan fingerprint density at radius 3 is 2.34 bits per heavy atom. The van der Waals surface area contributed by atoms with Crippen LogP contribution in [0.3, 0.4) is 0 Å². The number of hydrogen-bond donors (Lipinski definition) is 0. The zero-order valence-electron chi connectivity index (χ0n) is 17.7. The number of likely N-dealkylation sites (N-methyl/N-ethyl adjacent to an activating group) is 1. The lowest BCUT2D eigenvalue weighted by Crippen LogP contribution is -2.47. The molecule has 2 saturated heterocycles. The van der Waals surface area contributed by atoms with Crippen molar-refractivity contribution in [1.29, 1.82) is 0 Å². The first-order valence-corrected chi connectivity index (χ1v) is 10.8. The topological polar surface area (TPSA) is 53.1 Å². The minimum Gasteiger partial charge on any atom is -0.375 e. The fourth-order valence-corrected chi connectivity index (χ4v) is 5.48. The summed E-state index contributed by atoms with van der Waals surface area (Å²) in [7, 11) is 3.68. The second-order valence-electron chi connectivity index (χ2n) is 8.97. The molecule has 0 bridgehead atoms. The van der Waals surface area contributed by atoms with Crippen molar-refractivity contribution in [3.05, 3.63) is 35.4 Å². The van der Waals surface area contributed by atoms with Crippen LogP contribution in [0.15, 0.2) is 24.3 Å². The number of carbonyl (C=O) groups is 2. The number of methoxy groups -OCH3 is 1. The molecule has 1 aromatic carbocycles. The molecule has 29 heavy (non-hydrogen) atoms. The number of fused-ring (bicyclic) bond motifs is 2. The highest BCUT2D eigenvalue weighted by molar-refractivity contribution is 5.78. The van der Waals surface area contributed by atoms with Crippen molar-refractivity contribution in [2.75, 3.05) is 60.0 Å². The number of nitrogens with zero attached hydrogens (tertiary/aromatic N) is 3. The van der Waals surface area contributed by atoms with Crippen LogP contribution in [0.25, 0.3) is 0 Å². The van der Waals surface area contributed by atoms with Crippen LogP contribution in [0.2, 0.25) is 0 Å². The van der Waals surface area contributed by atoms with Gasteiger partial charge in [0.25, 0.3) is 0 Å². The zero-order chi connectivity index (χ0) is 20.4. The van der Waals surface area contributed by atoms with E-state index in [9.17, 15) is 9.59 Å². The molecule has 2 fully saturated rings. The number of benzene rings is 1. The molecule has 1 atom stereocenters. The molecule has 3 aliphatic rings. The Morgan fingerprint density at radius 1 is 1.00 bits per heavy atom. The largest absolute Gasteiger partial charge is 0.375 e. The van der Waals surface area contributed by atoms with E-state index in [2.05, 4.69) is 36.2 Å². The fraction of sp³-hybridized carbons (Fsp3) is 0.652. The number of piperidine rings is 1. The van der Waals surface area contributed by atoms with Crippen LogP contribution >= 0.6 is 0 Å². The molecule has 1 aliphatic carbocycles. The summed E-state index contributed by atoms with van der Waals surface area (Å²) in [5.41, 5.74) is 2.87. The highest BCUT2D eigenvalue weighted by atomic mass is 16.5. The van der Waals surface area contributed by atoms with Crippen LogP contribution in [0, 0.1) is 0 Å². The Morgan fingerprint density at radius 2 is 1.66 bits per heavy atom. The summed E-state index contributed by atoms with van der Waals surface area (Å²) in [5.74, 6) is 0.665. The van der Waals surface area contributed by atoms with E-state index in [0.717, 1.165) is 58.5 Å². The Labute approximate surface area is 173 Å². The van der Waals surface area contributed by atoms with E-state index >= 15 is 0 Å². The van der Waals surface area contributed by atoms with Gasteiger partial charge in [0.2, 0.25) is 11.8 Å². The predicted octanol–water partition coefficient (Wildman–Crippen LogP) is 1.84. The van der Waals surface area contributed by atoms with Crippen LogP contribution < -0.4 is 0 Å². The lowest BCUT2D eigenvalue weighted by atomic mass is 9.73. The third-order valence-corrected chi connectivity index (χ3v) is 7.23. The Kier molecular flexibility index (Phi) is 5.93. The molecule has 6 heteroatoms. The maximum absolute atomic E-state index is 13.0. The first-order chi connectivity index (χ1) is 14.0. The molecule has 1 unspecified atom stereocenters. The second-order valence-corrected chi connectivity index (χ2v) is 8.97. The molecule has 2 amide bonds. The van der Waals surface area contributed by atoms with E-state index in [-0.39, 0.29) is 17.9 Å². The smallest absolute Gasteiger partial charge is 0.248 e. The average Bonchev–Trinajstić information content (AvgIpc) is 3.02. The number of rotatable bonds is 4. The van der Waals surface area contributed by atoms with Crippen molar-refractivity contribution >= 4 is 11.8 Å². The normalized spacial score (nSPS) is 24.0. The minimum atomic E-state index is 0.0791.